The van der Waals surface area contributed by atoms with Gasteiger partial charge in [0.25, 0.3) is 0 Å². The average molecular weight is 228 g/mol. The van der Waals surface area contributed by atoms with Crippen LogP contribution in [0.1, 0.15) is 11.4 Å². The summed E-state index contributed by atoms with van der Waals surface area (Å²) in [7, 11) is 0. The summed E-state index contributed by atoms with van der Waals surface area (Å²) in [5, 5.41) is 0. The molecule has 17 heavy (non-hydrogen) atoms. The fourth-order valence-electron chi connectivity index (χ4n) is 2.24. The molecule has 0 radical (unpaired) electrons. The molecule has 0 spiro atoms. The molecule has 0 atom stereocenters. The van der Waals surface area contributed by atoms with Crippen LogP contribution in [0.5, 0.6) is 0 Å². The van der Waals surface area contributed by atoms with E-state index in [1.807, 2.05) is 12.4 Å². The summed E-state index contributed by atoms with van der Waals surface area (Å²) in [5.74, 6) is 1.14. The Morgan fingerprint density at radius 1 is 1.18 bits per heavy atom. The quantitative estimate of drug-likeness (QED) is 0.844. The lowest BCUT2D eigenvalue weighted by Crippen LogP contribution is -2.33. The first-order valence-corrected chi connectivity index (χ1v) is 5.91. The van der Waals surface area contributed by atoms with Crippen LogP contribution in [0.25, 0.3) is 0 Å². The smallest absolute Gasteiger partial charge is 0.128 e. The second kappa shape index (κ2) is 4.22. The zero-order valence-corrected chi connectivity index (χ0v) is 9.71. The summed E-state index contributed by atoms with van der Waals surface area (Å²) in [5.41, 5.74) is 8.02. The van der Waals surface area contributed by atoms with Crippen molar-refractivity contribution in [3.63, 3.8) is 0 Å². The zero-order chi connectivity index (χ0) is 11.7. The molecule has 88 valence electrons. The first-order valence-electron chi connectivity index (χ1n) is 5.91. The summed E-state index contributed by atoms with van der Waals surface area (Å²) < 4.78 is 2.21. The van der Waals surface area contributed by atoms with Crippen LogP contribution in [0.2, 0.25) is 0 Å². The molecule has 4 heteroatoms. The Morgan fingerprint density at radius 2 is 2.00 bits per heavy atom. The van der Waals surface area contributed by atoms with Gasteiger partial charge in [0.1, 0.15) is 5.82 Å². The number of hydrogen-bond acceptors (Lipinski definition) is 3. The monoisotopic (exact) mass is 228 g/mol. The highest BCUT2D eigenvalue weighted by atomic mass is 15.2. The lowest BCUT2D eigenvalue weighted by atomic mass is 10.2. The first-order chi connectivity index (χ1) is 8.36. The highest BCUT2D eigenvalue weighted by Crippen LogP contribution is 2.20. The second-order valence-corrected chi connectivity index (χ2v) is 4.33. The SMILES string of the molecule is NCc1ccc(N2CCn3ccnc3C2)cc1. The molecular formula is C13H16N4. The minimum atomic E-state index is 0.602. The second-order valence-electron chi connectivity index (χ2n) is 4.33. The van der Waals surface area contributed by atoms with Crippen molar-refractivity contribution in [2.24, 2.45) is 5.73 Å². The van der Waals surface area contributed by atoms with Crippen LogP contribution in [0, 0.1) is 0 Å². The molecule has 0 bridgehead atoms. The van der Waals surface area contributed by atoms with Crippen molar-refractivity contribution >= 4 is 5.69 Å². The maximum absolute atomic E-state index is 5.60. The van der Waals surface area contributed by atoms with E-state index in [0.29, 0.717) is 6.54 Å². The molecule has 2 N–H and O–H groups in total. The van der Waals surface area contributed by atoms with E-state index in [1.54, 1.807) is 0 Å². The van der Waals surface area contributed by atoms with E-state index >= 15 is 0 Å². The zero-order valence-electron chi connectivity index (χ0n) is 9.71. The van der Waals surface area contributed by atoms with Crippen LogP contribution in [-0.2, 0) is 19.6 Å². The molecule has 0 amide bonds. The molecule has 3 rings (SSSR count). The van der Waals surface area contributed by atoms with Crippen LogP contribution < -0.4 is 10.6 Å². The summed E-state index contributed by atoms with van der Waals surface area (Å²) in [6, 6.07) is 8.47. The van der Waals surface area contributed by atoms with Gasteiger partial charge < -0.3 is 15.2 Å². The molecule has 0 fully saturated rings. The summed E-state index contributed by atoms with van der Waals surface area (Å²) in [6.07, 6.45) is 3.92. The Morgan fingerprint density at radius 3 is 2.76 bits per heavy atom. The number of fused-ring (bicyclic) bond motifs is 1. The van der Waals surface area contributed by atoms with E-state index in [0.717, 1.165) is 25.5 Å². The molecule has 2 aromatic rings. The Hall–Kier alpha value is -1.81. The van der Waals surface area contributed by atoms with Crippen molar-refractivity contribution in [3.05, 3.63) is 48.0 Å². The third-order valence-corrected chi connectivity index (χ3v) is 3.28. The van der Waals surface area contributed by atoms with E-state index in [2.05, 4.69) is 38.7 Å². The fourth-order valence-corrected chi connectivity index (χ4v) is 2.24. The molecule has 0 saturated carbocycles. The Bertz CT molecular complexity index is 500. The normalized spacial score (nSPS) is 14.8. The largest absolute Gasteiger partial charge is 0.362 e. The number of nitrogens with zero attached hydrogens (tertiary/aromatic N) is 3. The molecule has 1 aliphatic rings. The van der Waals surface area contributed by atoms with Gasteiger partial charge in [0.15, 0.2) is 0 Å². The highest BCUT2D eigenvalue weighted by Gasteiger charge is 2.16. The van der Waals surface area contributed by atoms with E-state index in [4.69, 9.17) is 5.73 Å². The molecule has 1 aromatic heterocycles. The Kier molecular flexibility index (Phi) is 2.57. The lowest BCUT2D eigenvalue weighted by Gasteiger charge is -2.29. The van der Waals surface area contributed by atoms with Gasteiger partial charge in [-0.05, 0) is 17.7 Å². The van der Waals surface area contributed by atoms with Crippen LogP contribution in [0.4, 0.5) is 5.69 Å². The minimum Gasteiger partial charge on any atom is -0.362 e. The van der Waals surface area contributed by atoms with E-state index in [1.165, 1.54) is 11.3 Å². The van der Waals surface area contributed by atoms with Gasteiger partial charge in [-0.15, -0.1) is 0 Å². The summed E-state index contributed by atoms with van der Waals surface area (Å²) >= 11 is 0. The van der Waals surface area contributed by atoms with Crippen molar-refractivity contribution in [1.29, 1.82) is 0 Å². The van der Waals surface area contributed by atoms with Crippen LogP contribution >= 0.6 is 0 Å². The molecule has 4 nitrogen and oxygen atoms in total. The number of anilines is 1. The van der Waals surface area contributed by atoms with Gasteiger partial charge in [0, 0.05) is 37.7 Å². The van der Waals surface area contributed by atoms with Gasteiger partial charge in [-0.3, -0.25) is 0 Å². The van der Waals surface area contributed by atoms with E-state index < -0.39 is 0 Å². The maximum atomic E-state index is 5.60. The van der Waals surface area contributed by atoms with Crippen molar-refractivity contribution in [3.8, 4) is 0 Å². The molecule has 0 unspecified atom stereocenters. The van der Waals surface area contributed by atoms with Gasteiger partial charge >= 0.3 is 0 Å². The van der Waals surface area contributed by atoms with Crippen LogP contribution in [0.3, 0.4) is 0 Å². The molecule has 1 aliphatic heterocycles. The van der Waals surface area contributed by atoms with Crippen LogP contribution in [-0.4, -0.2) is 16.1 Å². The summed E-state index contributed by atoms with van der Waals surface area (Å²) in [4.78, 5) is 6.72. The summed E-state index contributed by atoms with van der Waals surface area (Å²) in [6.45, 7) is 3.53. The van der Waals surface area contributed by atoms with Crippen LogP contribution in [0.15, 0.2) is 36.7 Å². The van der Waals surface area contributed by atoms with E-state index in [9.17, 15) is 0 Å². The number of hydrogen-bond donors (Lipinski definition) is 1. The molecular weight excluding hydrogens is 212 g/mol. The van der Waals surface area contributed by atoms with Crippen molar-refractivity contribution in [2.45, 2.75) is 19.6 Å². The third kappa shape index (κ3) is 1.91. The van der Waals surface area contributed by atoms with Gasteiger partial charge in [-0.1, -0.05) is 12.1 Å². The Balaban J connectivity index is 1.81. The predicted molar refractivity (Wildman–Crippen MR) is 67.6 cm³/mol. The number of nitrogens with two attached hydrogens (primary N) is 1. The standard InChI is InChI=1S/C13H16N4/c14-9-11-1-3-12(4-2-11)17-8-7-16-6-5-15-13(16)10-17/h1-6H,7-10,14H2. The number of rotatable bonds is 2. The molecule has 2 heterocycles. The Labute approximate surface area is 101 Å². The third-order valence-electron chi connectivity index (χ3n) is 3.28. The molecule has 1 aromatic carbocycles. The topological polar surface area (TPSA) is 47.1 Å². The van der Waals surface area contributed by atoms with Gasteiger partial charge in [0.2, 0.25) is 0 Å². The van der Waals surface area contributed by atoms with Gasteiger partial charge in [0.05, 0.1) is 6.54 Å². The number of aromatic nitrogens is 2. The highest BCUT2D eigenvalue weighted by molar-refractivity contribution is 5.48. The minimum absolute atomic E-state index is 0.602. The van der Waals surface area contributed by atoms with Crippen molar-refractivity contribution in [1.82, 2.24) is 9.55 Å². The predicted octanol–water partition coefficient (Wildman–Crippen LogP) is 1.36. The van der Waals surface area contributed by atoms with Gasteiger partial charge in [-0.2, -0.15) is 0 Å². The average Bonchev–Trinajstić information content (AvgIpc) is 2.86. The van der Waals surface area contributed by atoms with Crippen molar-refractivity contribution in [2.75, 3.05) is 11.4 Å². The number of benzene rings is 1. The molecule has 0 aliphatic carbocycles. The molecule has 0 saturated heterocycles. The fraction of sp³-hybridized carbons (Fsp3) is 0.308. The van der Waals surface area contributed by atoms with E-state index in [-0.39, 0.29) is 0 Å². The van der Waals surface area contributed by atoms with Gasteiger partial charge in [-0.25, -0.2) is 4.98 Å². The van der Waals surface area contributed by atoms with Crippen molar-refractivity contribution < 1.29 is 0 Å². The first kappa shape index (κ1) is 10.4. The maximum Gasteiger partial charge on any atom is 0.128 e. The number of imidazole rings is 1. The lowest BCUT2D eigenvalue weighted by molar-refractivity contribution is 0.560.